The van der Waals surface area contributed by atoms with Crippen molar-refractivity contribution in [3.63, 3.8) is 0 Å². The maximum atomic E-state index is 13.1. The largest absolute Gasteiger partial charge is 0.353 e. The normalized spacial score (nSPS) is 20.8. The van der Waals surface area contributed by atoms with Gasteiger partial charge in [0.15, 0.2) is 0 Å². The fourth-order valence-corrected chi connectivity index (χ4v) is 6.91. The van der Waals surface area contributed by atoms with Crippen molar-refractivity contribution in [2.75, 3.05) is 44.2 Å². The average molecular weight is 438 g/mol. The van der Waals surface area contributed by atoms with E-state index >= 15 is 0 Å². The van der Waals surface area contributed by atoms with E-state index in [1.165, 1.54) is 0 Å². The molecule has 0 bridgehead atoms. The molecule has 0 amide bonds. The zero-order valence-corrected chi connectivity index (χ0v) is 18.7. The number of rotatable bonds is 4. The highest BCUT2D eigenvalue weighted by Gasteiger charge is 2.47. The van der Waals surface area contributed by atoms with Gasteiger partial charge >= 0.3 is 0 Å². The number of anilines is 1. The second kappa shape index (κ2) is 7.55. The maximum Gasteiger partial charge on any atom is 0.244 e. The Hall–Kier alpha value is -2.55. The minimum absolute atomic E-state index is 0.445. The molecule has 1 saturated heterocycles. The van der Waals surface area contributed by atoms with Crippen LogP contribution in [0.3, 0.4) is 0 Å². The molecule has 2 aliphatic rings. The molecule has 3 aromatic rings. The molecule has 2 aromatic carbocycles. The quantitative estimate of drug-likeness (QED) is 0.625. The van der Waals surface area contributed by atoms with E-state index in [0.29, 0.717) is 11.4 Å². The minimum atomic E-state index is -3.45. The molecule has 0 unspecified atom stereocenters. The van der Waals surface area contributed by atoms with Crippen molar-refractivity contribution in [1.82, 2.24) is 19.2 Å². The van der Waals surface area contributed by atoms with Gasteiger partial charge < -0.3 is 4.90 Å². The van der Waals surface area contributed by atoms with Gasteiger partial charge in [0.25, 0.3) is 0 Å². The molecule has 0 saturated carbocycles. The molecule has 0 atom stereocenters. The number of piperazine rings is 1. The fraction of sp³-hybridized carbons (Fsp3) is 0.391. The smallest absolute Gasteiger partial charge is 0.244 e. The third kappa shape index (κ3) is 3.39. The highest BCUT2D eigenvalue weighted by atomic mass is 32.2. The number of aromatic nitrogens is 2. The maximum absolute atomic E-state index is 13.1. The summed E-state index contributed by atoms with van der Waals surface area (Å²) in [5, 5.41) is 1.07. The first-order chi connectivity index (χ1) is 14.9. The van der Waals surface area contributed by atoms with Crippen molar-refractivity contribution in [3.8, 4) is 0 Å². The van der Waals surface area contributed by atoms with E-state index in [4.69, 9.17) is 0 Å². The highest BCUT2D eigenvalue weighted by Crippen LogP contribution is 2.43. The first-order valence-corrected chi connectivity index (χ1v) is 12.1. The summed E-state index contributed by atoms with van der Waals surface area (Å²) < 4.78 is 27.9. The topological polar surface area (TPSA) is 69.6 Å². The van der Waals surface area contributed by atoms with Gasteiger partial charge in [-0.15, -0.1) is 0 Å². The van der Waals surface area contributed by atoms with Gasteiger partial charge in [-0.25, -0.2) is 18.4 Å². The Balaban J connectivity index is 1.26. The van der Waals surface area contributed by atoms with Crippen LogP contribution in [0.25, 0.3) is 10.9 Å². The predicted octanol–water partition coefficient (Wildman–Crippen LogP) is 2.69. The summed E-state index contributed by atoms with van der Waals surface area (Å²) in [6.07, 6.45) is 1.63. The van der Waals surface area contributed by atoms with Crippen LogP contribution in [0.2, 0.25) is 0 Å². The number of hydrogen-bond acceptors (Lipinski definition) is 6. The number of para-hydroxylation sites is 1. The van der Waals surface area contributed by atoms with Crippen LogP contribution in [0.5, 0.6) is 0 Å². The first kappa shape index (κ1) is 20.4. The van der Waals surface area contributed by atoms with E-state index in [2.05, 4.69) is 25.8 Å². The Morgan fingerprint density at radius 3 is 2.39 bits per heavy atom. The van der Waals surface area contributed by atoms with Crippen LogP contribution in [0.15, 0.2) is 59.8 Å². The lowest BCUT2D eigenvalue weighted by molar-refractivity contribution is 0.189. The van der Waals surface area contributed by atoms with Gasteiger partial charge in [-0.3, -0.25) is 4.90 Å². The van der Waals surface area contributed by atoms with Crippen LogP contribution in [0, 0.1) is 0 Å². The monoisotopic (exact) mass is 437 g/mol. The molecule has 0 N–H and O–H groups in total. The van der Waals surface area contributed by atoms with Crippen molar-refractivity contribution in [3.05, 3.63) is 60.4 Å². The van der Waals surface area contributed by atoms with Gasteiger partial charge in [0.05, 0.1) is 16.0 Å². The van der Waals surface area contributed by atoms with Gasteiger partial charge in [0.2, 0.25) is 10.0 Å². The Kier molecular flexibility index (Phi) is 4.96. The third-order valence-corrected chi connectivity index (χ3v) is 8.68. The average Bonchev–Trinajstić information content (AvgIpc) is 2.94. The lowest BCUT2D eigenvalue weighted by atomic mass is 9.94. The second-order valence-electron chi connectivity index (χ2n) is 8.68. The summed E-state index contributed by atoms with van der Waals surface area (Å²) in [6.45, 7) is 8.66. The zero-order valence-electron chi connectivity index (χ0n) is 17.9. The van der Waals surface area contributed by atoms with Crippen molar-refractivity contribution >= 4 is 26.7 Å². The number of benzene rings is 2. The Labute approximate surface area is 183 Å². The highest BCUT2D eigenvalue weighted by molar-refractivity contribution is 7.89. The van der Waals surface area contributed by atoms with Crippen LogP contribution in [-0.2, 0) is 15.6 Å². The summed E-state index contributed by atoms with van der Waals surface area (Å²) in [7, 11) is -3.45. The van der Waals surface area contributed by atoms with Crippen molar-refractivity contribution in [2.45, 2.75) is 24.3 Å². The Morgan fingerprint density at radius 2 is 1.61 bits per heavy atom. The van der Waals surface area contributed by atoms with Crippen LogP contribution in [0.1, 0.15) is 19.4 Å². The molecule has 0 aliphatic carbocycles. The minimum Gasteiger partial charge on any atom is -0.353 e. The second-order valence-corrected chi connectivity index (χ2v) is 10.5. The number of sulfonamides is 1. The van der Waals surface area contributed by atoms with Gasteiger partial charge in [0.1, 0.15) is 12.1 Å². The third-order valence-electron chi connectivity index (χ3n) is 6.55. The molecule has 7 nitrogen and oxygen atoms in total. The zero-order chi connectivity index (χ0) is 21.6. The molecule has 0 spiro atoms. The van der Waals surface area contributed by atoms with Crippen molar-refractivity contribution in [2.24, 2.45) is 0 Å². The molecule has 1 aromatic heterocycles. The van der Waals surface area contributed by atoms with Crippen molar-refractivity contribution < 1.29 is 8.42 Å². The molecule has 8 heteroatoms. The summed E-state index contributed by atoms with van der Waals surface area (Å²) in [5.41, 5.74) is 1.31. The van der Waals surface area contributed by atoms with Gasteiger partial charge in [-0.05, 0) is 37.6 Å². The molecule has 31 heavy (non-hydrogen) atoms. The molecule has 0 radical (unpaired) electrons. The number of nitrogens with zero attached hydrogens (tertiary/aromatic N) is 5. The van der Waals surface area contributed by atoms with Crippen LogP contribution in [0.4, 0.5) is 5.82 Å². The summed E-state index contributed by atoms with van der Waals surface area (Å²) in [4.78, 5) is 14.0. The van der Waals surface area contributed by atoms with Crippen molar-refractivity contribution in [1.29, 1.82) is 0 Å². The Morgan fingerprint density at radius 1 is 0.903 bits per heavy atom. The van der Waals surface area contributed by atoms with Crippen LogP contribution < -0.4 is 4.90 Å². The lowest BCUT2D eigenvalue weighted by Gasteiger charge is -2.37. The number of fused-ring (bicyclic) bond motifs is 2. The lowest BCUT2D eigenvalue weighted by Crippen LogP contribution is -2.50. The predicted molar refractivity (Wildman–Crippen MR) is 122 cm³/mol. The van der Waals surface area contributed by atoms with E-state index in [9.17, 15) is 8.42 Å². The van der Waals surface area contributed by atoms with E-state index in [0.717, 1.165) is 55.0 Å². The molecule has 1 fully saturated rings. The fourth-order valence-electron chi connectivity index (χ4n) is 4.81. The molecule has 2 aliphatic heterocycles. The van der Waals surface area contributed by atoms with E-state index in [1.54, 1.807) is 22.8 Å². The number of hydrogen-bond donors (Lipinski definition) is 0. The molecular weight excluding hydrogens is 410 g/mol. The summed E-state index contributed by atoms with van der Waals surface area (Å²) in [6, 6.07) is 15.4. The van der Waals surface area contributed by atoms with E-state index < -0.39 is 15.6 Å². The molecule has 5 rings (SSSR count). The van der Waals surface area contributed by atoms with Gasteiger partial charge in [-0.2, -0.15) is 4.31 Å². The first-order valence-electron chi connectivity index (χ1n) is 10.7. The summed E-state index contributed by atoms with van der Waals surface area (Å²) in [5.74, 6) is 0.976. The molecule has 162 valence electrons. The van der Waals surface area contributed by atoms with Gasteiger partial charge in [-0.1, -0.05) is 30.3 Å². The molecule has 3 heterocycles. The standard InChI is InChI=1S/C23H27N5O2S/c1-23(2)19-8-4-6-10-21(19)31(29,30)28(23)16-13-26-11-14-27(15-12-26)22-18-7-3-5-9-20(18)24-17-25-22/h3-10,17H,11-16H2,1-2H3. The summed E-state index contributed by atoms with van der Waals surface area (Å²) >= 11 is 0. The SMILES string of the molecule is CC1(C)c2ccccc2S(=O)(=O)N1CCN1CCN(c2ncnc3ccccc23)CC1. The molecular formula is C23H27N5O2S. The van der Waals surface area contributed by atoms with E-state index in [1.807, 2.05) is 44.2 Å². The van der Waals surface area contributed by atoms with Gasteiger partial charge in [0, 0.05) is 44.7 Å². The van der Waals surface area contributed by atoms with Crippen LogP contribution >= 0.6 is 0 Å². The Bertz CT molecular complexity index is 1210. The van der Waals surface area contributed by atoms with E-state index in [-0.39, 0.29) is 0 Å². The van der Waals surface area contributed by atoms with Crippen LogP contribution in [-0.4, -0.2) is 66.9 Å².